The predicted molar refractivity (Wildman–Crippen MR) is 143 cm³/mol. The van der Waals surface area contributed by atoms with Crippen LogP contribution in [0.3, 0.4) is 0 Å². The number of carbonyl (C=O) groups excluding carboxylic acids is 1. The van der Waals surface area contributed by atoms with Crippen molar-refractivity contribution < 1.29 is 18.5 Å². The lowest BCUT2D eigenvalue weighted by Crippen LogP contribution is -2.13. The number of nitrogens with zero attached hydrogens (tertiary/aromatic N) is 4. The van der Waals surface area contributed by atoms with E-state index < -0.39 is 37.2 Å². The first kappa shape index (κ1) is 13.9. The van der Waals surface area contributed by atoms with Gasteiger partial charge >= 0.3 is 0 Å². The molecule has 3 aromatic heterocycles. The van der Waals surface area contributed by atoms with Gasteiger partial charge in [0.05, 0.1) is 15.3 Å². The first-order valence-corrected chi connectivity index (χ1v) is 10.8. The average Bonchev–Trinajstić information content (AvgIpc) is 3.42. The Kier molecular flexibility index (Phi) is 3.81. The second-order valence-electron chi connectivity index (χ2n) is 7.89. The fourth-order valence-corrected chi connectivity index (χ4v) is 3.42. The molecule has 3 heterocycles. The van der Waals surface area contributed by atoms with Gasteiger partial charge in [0.25, 0.3) is 5.91 Å². The highest BCUT2D eigenvalue weighted by atomic mass is 16.1. The van der Waals surface area contributed by atoms with Gasteiger partial charge in [-0.05, 0) is 91.9 Å². The van der Waals surface area contributed by atoms with Crippen molar-refractivity contribution in [2.24, 2.45) is 0 Å². The molecular weight excluding hydrogens is 448 g/mol. The Morgan fingerprint density at radius 2 is 2.03 bits per heavy atom. The van der Waals surface area contributed by atoms with E-state index in [0.717, 1.165) is 5.56 Å². The summed E-state index contributed by atoms with van der Waals surface area (Å²) in [6.07, 6.45) is 3.73. The van der Waals surface area contributed by atoms with Gasteiger partial charge in [0, 0.05) is 63.2 Å². The summed E-state index contributed by atoms with van der Waals surface area (Å²) in [5.41, 5.74) is 0.882. The van der Waals surface area contributed by atoms with E-state index >= 15 is 0 Å². The molecular formula is C29H26N6O. The number of pyridine rings is 1. The van der Waals surface area contributed by atoms with Gasteiger partial charge in [0.2, 0.25) is 5.95 Å². The molecule has 36 heavy (non-hydrogen) atoms. The normalized spacial score (nSPS) is 15.1. The van der Waals surface area contributed by atoms with Crippen molar-refractivity contribution in [1.29, 1.82) is 0 Å². The van der Waals surface area contributed by atoms with Crippen LogP contribution in [0.1, 0.15) is 40.8 Å². The quantitative estimate of drug-likeness (QED) is 0.298. The molecule has 1 amide bonds. The third-order valence-electron chi connectivity index (χ3n) is 5.11. The highest BCUT2D eigenvalue weighted by molar-refractivity contribution is 6.05. The monoisotopic (exact) mass is 484 g/mol. The number of nitrogens with one attached hydrogen (secondary N) is 2. The summed E-state index contributed by atoms with van der Waals surface area (Å²) in [5, 5.41) is 5.38. The van der Waals surface area contributed by atoms with Crippen molar-refractivity contribution in [3.05, 3.63) is 114 Å². The van der Waals surface area contributed by atoms with E-state index in [4.69, 9.17) is 13.7 Å². The molecule has 0 fully saturated rings. The number of anilines is 3. The van der Waals surface area contributed by atoms with E-state index in [1.807, 2.05) is 6.92 Å². The maximum atomic E-state index is 13.5. The van der Waals surface area contributed by atoms with E-state index in [1.165, 1.54) is 30.5 Å². The van der Waals surface area contributed by atoms with Crippen LogP contribution >= 0.6 is 0 Å². The zero-order chi connectivity index (χ0) is 33.7. The van der Waals surface area contributed by atoms with Gasteiger partial charge in [0.15, 0.2) is 0 Å². The third-order valence-corrected chi connectivity index (χ3v) is 5.11. The maximum Gasteiger partial charge on any atom is 0.255 e. The average molecular weight is 485 g/mol. The van der Waals surface area contributed by atoms with Crippen molar-refractivity contribution in [2.75, 3.05) is 10.6 Å². The molecule has 0 bridgehead atoms. The van der Waals surface area contributed by atoms with Crippen LogP contribution < -0.4 is 10.6 Å². The molecule has 0 aliphatic heterocycles. The summed E-state index contributed by atoms with van der Waals surface area (Å²) in [5.74, 6) is -0.887. The Bertz CT molecular complexity index is 2030. The van der Waals surface area contributed by atoms with Gasteiger partial charge in [-0.3, -0.25) is 9.78 Å². The van der Waals surface area contributed by atoms with Gasteiger partial charge in [-0.25, -0.2) is 9.97 Å². The summed E-state index contributed by atoms with van der Waals surface area (Å²) in [4.78, 5) is 25.5. The zero-order valence-electron chi connectivity index (χ0n) is 29.3. The molecule has 0 aliphatic rings. The summed E-state index contributed by atoms with van der Waals surface area (Å²) in [6.45, 7) is 0.781. The van der Waals surface area contributed by atoms with E-state index in [1.54, 1.807) is 30.0 Å². The van der Waals surface area contributed by atoms with Crippen molar-refractivity contribution in [2.45, 2.75) is 20.7 Å². The number of amides is 1. The van der Waals surface area contributed by atoms with Gasteiger partial charge < -0.3 is 15.2 Å². The lowest BCUT2D eigenvalue weighted by Gasteiger charge is -2.13. The maximum absolute atomic E-state index is 13.5. The molecule has 0 radical (unpaired) electrons. The summed E-state index contributed by atoms with van der Waals surface area (Å²) in [7, 11) is 0. The van der Waals surface area contributed by atoms with Crippen LogP contribution in [0.25, 0.3) is 16.9 Å². The number of carbonyl (C=O) groups is 1. The Labute approximate surface area is 224 Å². The van der Waals surface area contributed by atoms with Crippen LogP contribution in [-0.2, 0) is 0 Å². The zero-order valence-corrected chi connectivity index (χ0v) is 19.3. The lowest BCUT2D eigenvalue weighted by molar-refractivity contribution is 0.102. The molecule has 0 saturated heterocycles. The highest BCUT2D eigenvalue weighted by Crippen LogP contribution is 2.24. The fourth-order valence-electron chi connectivity index (χ4n) is 3.42. The van der Waals surface area contributed by atoms with Crippen LogP contribution in [-0.4, -0.2) is 25.4 Å². The first-order valence-electron chi connectivity index (χ1n) is 15.8. The molecule has 2 N–H and O–H groups in total. The Balaban J connectivity index is 1.53. The second-order valence-corrected chi connectivity index (χ2v) is 7.89. The minimum absolute atomic E-state index is 0.0209. The van der Waals surface area contributed by atoms with Crippen molar-refractivity contribution >= 4 is 23.2 Å². The van der Waals surface area contributed by atoms with Crippen LogP contribution in [0, 0.1) is 20.7 Å². The SMILES string of the molecule is [2H]c1nc([2H])c(-c2ccnc(Nc3cc(C(=O)Nc4c([2H])c(C)c([2H])c(-n5ccc(C)c5)c4[2H])ccc3C([2H])([2H])[2H])n2)c([2H])c1[2H]. The Morgan fingerprint density at radius 3 is 2.86 bits per heavy atom. The summed E-state index contributed by atoms with van der Waals surface area (Å²) in [6, 6.07) is 5.57. The van der Waals surface area contributed by atoms with E-state index in [2.05, 4.69) is 25.6 Å². The number of aromatic nitrogens is 4. The molecule has 7 nitrogen and oxygen atoms in total. The summed E-state index contributed by atoms with van der Waals surface area (Å²) >= 11 is 0. The molecule has 0 aliphatic carbocycles. The van der Waals surface area contributed by atoms with Crippen molar-refractivity contribution in [3.8, 4) is 16.9 Å². The first-order chi connectivity index (χ1) is 21.6. The highest BCUT2D eigenvalue weighted by Gasteiger charge is 2.12. The van der Waals surface area contributed by atoms with E-state index in [-0.39, 0.29) is 69.1 Å². The molecule has 178 valence electrons. The smallest absolute Gasteiger partial charge is 0.255 e. The van der Waals surface area contributed by atoms with Crippen molar-refractivity contribution in [1.82, 2.24) is 19.5 Å². The molecule has 0 atom stereocenters. The number of hydrogen-bond donors (Lipinski definition) is 2. The van der Waals surface area contributed by atoms with Crippen LogP contribution in [0.5, 0.6) is 0 Å². The molecule has 5 rings (SSSR count). The number of aryl methyl sites for hydroxylation is 2. The van der Waals surface area contributed by atoms with Crippen LogP contribution in [0.4, 0.5) is 17.3 Å². The topological polar surface area (TPSA) is 84.7 Å². The molecule has 7 heteroatoms. The minimum atomic E-state index is -2.63. The number of benzene rings is 2. The van der Waals surface area contributed by atoms with E-state index in [0.29, 0.717) is 0 Å². The lowest BCUT2D eigenvalue weighted by atomic mass is 10.1. The Hall–Kier alpha value is -4.78. The summed E-state index contributed by atoms with van der Waals surface area (Å²) < 4.78 is 83.2. The largest absolute Gasteiger partial charge is 0.324 e. The molecule has 5 aromatic rings. The Morgan fingerprint density at radius 1 is 1.11 bits per heavy atom. The number of hydrogen-bond acceptors (Lipinski definition) is 5. The minimum Gasteiger partial charge on any atom is -0.324 e. The fraction of sp³-hybridized carbons (Fsp3) is 0.103. The van der Waals surface area contributed by atoms with Gasteiger partial charge in [-0.1, -0.05) is 6.07 Å². The van der Waals surface area contributed by atoms with Gasteiger partial charge in [-0.15, -0.1) is 0 Å². The van der Waals surface area contributed by atoms with Crippen molar-refractivity contribution in [3.63, 3.8) is 0 Å². The number of rotatable bonds is 6. The van der Waals surface area contributed by atoms with Gasteiger partial charge in [0.1, 0.15) is 0 Å². The van der Waals surface area contributed by atoms with Crippen LogP contribution in [0.15, 0.2) is 91.5 Å². The molecule has 0 saturated carbocycles. The standard InChI is InChI=1S/C29H26N6O/c1-19-9-12-35(18-19)25-14-20(2)13-24(16-25)32-28(36)22-7-6-21(3)27(15-22)34-29-31-11-8-26(33-29)23-5-4-10-30-17-23/h4-18H,1-3H3,(H,32,36)(H,31,33,34)/i3D3,4D,5D,10D,13D,14D,16D,17D. The molecule has 0 unspecified atom stereocenters. The van der Waals surface area contributed by atoms with Gasteiger partial charge in [-0.2, -0.15) is 0 Å². The third kappa shape index (κ3) is 5.15. The molecule has 0 spiro atoms. The molecule has 2 aromatic carbocycles. The predicted octanol–water partition coefficient (Wildman–Crippen LogP) is 6.25. The van der Waals surface area contributed by atoms with E-state index in [9.17, 15) is 4.79 Å². The second kappa shape index (κ2) is 9.84. The van der Waals surface area contributed by atoms with Crippen LogP contribution in [0.2, 0.25) is 0 Å².